The summed E-state index contributed by atoms with van der Waals surface area (Å²) >= 11 is 0. The van der Waals surface area contributed by atoms with Crippen LogP contribution in [0.4, 0.5) is 14.5 Å². The predicted octanol–water partition coefficient (Wildman–Crippen LogP) is 2.96. The van der Waals surface area contributed by atoms with E-state index in [0.717, 1.165) is 12.1 Å². The van der Waals surface area contributed by atoms with Crippen LogP contribution in [0, 0.1) is 11.6 Å². The van der Waals surface area contributed by atoms with Crippen LogP contribution in [0.2, 0.25) is 0 Å². The summed E-state index contributed by atoms with van der Waals surface area (Å²) < 4.78 is 33.2. The number of hydrogen-bond acceptors (Lipinski definition) is 5. The average Bonchev–Trinajstić information content (AvgIpc) is 3.45. The molecule has 0 bridgehead atoms. The molecule has 9 nitrogen and oxygen atoms in total. The Bertz CT molecular complexity index is 1340. The number of aromatic nitrogens is 4. The standard InChI is InChI=1S/C22H18F2N6O3/c23-13-2-1-3-14(24)18(13)21(31)28-17-11-25-29-19(17)20-26-15-5-4-12(10-16(15)27-20)22(32)30-6-8-33-9-7-30/h1-5,10-11H,6-9H2,(H,25,29)(H,26,27)(H,28,31). The molecule has 0 radical (unpaired) electrons. The molecule has 1 aliphatic heterocycles. The van der Waals surface area contributed by atoms with E-state index < -0.39 is 23.1 Å². The van der Waals surface area contributed by atoms with Crippen molar-refractivity contribution in [3.05, 3.63) is 65.4 Å². The van der Waals surface area contributed by atoms with E-state index >= 15 is 0 Å². The van der Waals surface area contributed by atoms with Crippen LogP contribution in [0.3, 0.4) is 0 Å². The molecule has 1 saturated heterocycles. The Kier molecular flexibility index (Phi) is 5.31. The highest BCUT2D eigenvalue weighted by atomic mass is 19.1. The summed E-state index contributed by atoms with van der Waals surface area (Å²) in [7, 11) is 0. The van der Waals surface area contributed by atoms with Gasteiger partial charge in [-0.05, 0) is 30.3 Å². The Hall–Kier alpha value is -4.12. The number of halogens is 2. The molecule has 11 heteroatoms. The van der Waals surface area contributed by atoms with Gasteiger partial charge in [0.15, 0.2) is 5.82 Å². The molecule has 3 heterocycles. The maximum Gasteiger partial charge on any atom is 0.261 e. The fourth-order valence-electron chi connectivity index (χ4n) is 3.67. The van der Waals surface area contributed by atoms with Gasteiger partial charge in [0, 0.05) is 18.7 Å². The molecule has 1 fully saturated rings. The number of carbonyl (C=O) groups is 2. The lowest BCUT2D eigenvalue weighted by molar-refractivity contribution is 0.0303. The molecular formula is C22H18F2N6O3. The third-order valence-corrected chi connectivity index (χ3v) is 5.34. The molecule has 168 valence electrons. The first-order valence-electron chi connectivity index (χ1n) is 10.2. The number of morpholine rings is 1. The second-order valence-corrected chi connectivity index (χ2v) is 7.43. The molecule has 3 N–H and O–H groups in total. The van der Waals surface area contributed by atoms with E-state index in [0.29, 0.717) is 54.4 Å². The van der Waals surface area contributed by atoms with Gasteiger partial charge in [-0.2, -0.15) is 5.10 Å². The number of anilines is 1. The third kappa shape index (κ3) is 3.94. The quantitative estimate of drug-likeness (QED) is 0.440. The largest absolute Gasteiger partial charge is 0.378 e. The number of fused-ring (bicyclic) bond motifs is 1. The highest BCUT2D eigenvalue weighted by Crippen LogP contribution is 2.27. The highest BCUT2D eigenvalue weighted by Gasteiger charge is 2.22. The number of benzene rings is 2. The lowest BCUT2D eigenvalue weighted by atomic mass is 10.1. The molecule has 1 aliphatic rings. The molecule has 0 unspecified atom stereocenters. The number of carbonyl (C=O) groups excluding carboxylic acids is 2. The summed E-state index contributed by atoms with van der Waals surface area (Å²) in [5.74, 6) is -2.67. The van der Waals surface area contributed by atoms with E-state index in [4.69, 9.17) is 4.74 Å². The SMILES string of the molecule is O=C(Nc1cn[nH]c1-c1nc2ccc(C(=O)N3CCOCC3)cc2[nH]1)c1c(F)cccc1F. The van der Waals surface area contributed by atoms with Crippen LogP contribution in [0.15, 0.2) is 42.6 Å². The van der Waals surface area contributed by atoms with Gasteiger partial charge < -0.3 is 19.9 Å². The van der Waals surface area contributed by atoms with Crippen molar-refractivity contribution < 1.29 is 23.1 Å². The van der Waals surface area contributed by atoms with Crippen molar-refractivity contribution in [2.24, 2.45) is 0 Å². The van der Waals surface area contributed by atoms with Crippen molar-refractivity contribution in [3.8, 4) is 11.5 Å². The third-order valence-electron chi connectivity index (χ3n) is 5.34. The average molecular weight is 452 g/mol. The zero-order chi connectivity index (χ0) is 22.9. The molecule has 4 aromatic rings. The van der Waals surface area contributed by atoms with Crippen LogP contribution in [-0.2, 0) is 4.74 Å². The molecule has 0 aliphatic carbocycles. The molecule has 0 atom stereocenters. The number of nitrogens with zero attached hydrogens (tertiary/aromatic N) is 3. The van der Waals surface area contributed by atoms with Gasteiger partial charge in [-0.15, -0.1) is 0 Å². The Morgan fingerprint density at radius 1 is 1.09 bits per heavy atom. The zero-order valence-corrected chi connectivity index (χ0v) is 17.2. The van der Waals surface area contributed by atoms with Crippen molar-refractivity contribution in [1.29, 1.82) is 0 Å². The first-order chi connectivity index (χ1) is 16.0. The number of imidazole rings is 1. The Labute approximate surface area is 185 Å². The first-order valence-corrected chi connectivity index (χ1v) is 10.2. The van der Waals surface area contributed by atoms with Crippen LogP contribution < -0.4 is 5.32 Å². The van der Waals surface area contributed by atoms with Crippen molar-refractivity contribution in [2.75, 3.05) is 31.6 Å². The Morgan fingerprint density at radius 2 is 1.85 bits per heavy atom. The van der Waals surface area contributed by atoms with E-state index in [-0.39, 0.29) is 11.6 Å². The number of H-pyrrole nitrogens is 2. The zero-order valence-electron chi connectivity index (χ0n) is 17.2. The van der Waals surface area contributed by atoms with Crippen LogP contribution in [0.5, 0.6) is 0 Å². The van der Waals surface area contributed by atoms with Crippen molar-refractivity contribution in [1.82, 2.24) is 25.1 Å². The van der Waals surface area contributed by atoms with E-state index in [1.165, 1.54) is 12.3 Å². The van der Waals surface area contributed by atoms with E-state index in [9.17, 15) is 18.4 Å². The Balaban J connectivity index is 1.42. The molecule has 2 aromatic carbocycles. The second-order valence-electron chi connectivity index (χ2n) is 7.43. The van der Waals surface area contributed by atoms with Gasteiger partial charge in [-0.25, -0.2) is 13.8 Å². The minimum atomic E-state index is -0.973. The monoisotopic (exact) mass is 452 g/mol. The molecule has 0 saturated carbocycles. The molecule has 0 spiro atoms. The summed E-state index contributed by atoms with van der Waals surface area (Å²) in [4.78, 5) is 34.5. The van der Waals surface area contributed by atoms with Crippen molar-refractivity contribution in [2.45, 2.75) is 0 Å². The number of ether oxygens (including phenoxy) is 1. The van der Waals surface area contributed by atoms with Crippen LogP contribution in [0.1, 0.15) is 20.7 Å². The van der Waals surface area contributed by atoms with Gasteiger partial charge in [0.25, 0.3) is 11.8 Å². The predicted molar refractivity (Wildman–Crippen MR) is 115 cm³/mol. The van der Waals surface area contributed by atoms with Crippen molar-refractivity contribution >= 4 is 28.5 Å². The highest BCUT2D eigenvalue weighted by molar-refractivity contribution is 6.06. The van der Waals surface area contributed by atoms with Crippen LogP contribution in [0.25, 0.3) is 22.6 Å². The summed E-state index contributed by atoms with van der Waals surface area (Å²) in [6, 6.07) is 8.30. The maximum atomic E-state index is 13.9. The molecule has 2 aromatic heterocycles. The smallest absolute Gasteiger partial charge is 0.261 e. The fourth-order valence-corrected chi connectivity index (χ4v) is 3.67. The first kappa shape index (κ1) is 20.8. The maximum absolute atomic E-state index is 13.9. The summed E-state index contributed by atoms with van der Waals surface area (Å²) in [6.07, 6.45) is 1.31. The number of hydrogen-bond donors (Lipinski definition) is 3. The van der Waals surface area contributed by atoms with E-state index in [2.05, 4.69) is 25.5 Å². The number of nitrogens with one attached hydrogen (secondary N) is 3. The number of amides is 2. The van der Waals surface area contributed by atoms with Gasteiger partial charge in [-0.1, -0.05) is 6.07 Å². The Morgan fingerprint density at radius 3 is 2.61 bits per heavy atom. The van der Waals surface area contributed by atoms with Crippen molar-refractivity contribution in [3.63, 3.8) is 0 Å². The lowest BCUT2D eigenvalue weighted by Gasteiger charge is -2.26. The van der Waals surface area contributed by atoms with Crippen LogP contribution >= 0.6 is 0 Å². The van der Waals surface area contributed by atoms with Gasteiger partial charge in [-0.3, -0.25) is 14.7 Å². The van der Waals surface area contributed by atoms with Gasteiger partial charge in [0.2, 0.25) is 0 Å². The topological polar surface area (TPSA) is 116 Å². The van der Waals surface area contributed by atoms with E-state index in [1.807, 2.05) is 0 Å². The summed E-state index contributed by atoms with van der Waals surface area (Å²) in [6.45, 7) is 2.08. The minimum absolute atomic E-state index is 0.0993. The minimum Gasteiger partial charge on any atom is -0.378 e. The normalized spacial score (nSPS) is 13.9. The molecule has 2 amide bonds. The lowest BCUT2D eigenvalue weighted by Crippen LogP contribution is -2.40. The molecule has 5 rings (SSSR count). The van der Waals surface area contributed by atoms with Gasteiger partial charge >= 0.3 is 0 Å². The van der Waals surface area contributed by atoms with Gasteiger partial charge in [0.05, 0.1) is 36.1 Å². The second kappa shape index (κ2) is 8.43. The van der Waals surface area contributed by atoms with E-state index in [1.54, 1.807) is 23.1 Å². The summed E-state index contributed by atoms with van der Waals surface area (Å²) in [5.41, 5.74) is 1.52. The number of rotatable bonds is 4. The summed E-state index contributed by atoms with van der Waals surface area (Å²) in [5, 5.41) is 9.09. The number of aromatic amines is 2. The molecule has 33 heavy (non-hydrogen) atoms. The molecular weight excluding hydrogens is 434 g/mol. The fraction of sp³-hybridized carbons (Fsp3) is 0.182. The van der Waals surface area contributed by atoms with Gasteiger partial charge in [0.1, 0.15) is 22.9 Å². The van der Waals surface area contributed by atoms with Crippen LogP contribution in [-0.4, -0.2) is 63.2 Å².